The van der Waals surface area contributed by atoms with Crippen molar-refractivity contribution in [2.24, 2.45) is 0 Å². The van der Waals surface area contributed by atoms with Crippen LogP contribution in [0.2, 0.25) is 0 Å². The predicted molar refractivity (Wildman–Crippen MR) is 200 cm³/mol. The van der Waals surface area contributed by atoms with Crippen molar-refractivity contribution in [2.45, 2.75) is 0 Å². The predicted octanol–water partition coefficient (Wildman–Crippen LogP) is 10.8. The molecule has 9 rings (SSSR count). The van der Waals surface area contributed by atoms with Gasteiger partial charge in [-0.2, -0.15) is 15.8 Å². The van der Waals surface area contributed by atoms with Crippen LogP contribution in [0.3, 0.4) is 0 Å². The standard InChI is InChI=1S/C45H25N5/c46-26-29-17-22-43-39(24-29)37-12-5-6-14-40(37)49(43)33-20-18-31(19-21-33)34-9-1-2-13-38(34)45-32(28-48)23-30(27-47)25-44(45)50-41-15-7-3-10-35(41)36-11-4-8-16-42(36)50/h1-25H. The first-order valence-corrected chi connectivity index (χ1v) is 16.3. The van der Waals surface area contributed by atoms with Gasteiger partial charge in [0.2, 0.25) is 0 Å². The SMILES string of the molecule is N#Cc1cc(C#N)c(-c2ccccc2-c2ccc(-n3c4ccccc4c4cc(C#N)ccc43)cc2)c(-n2c3ccccc3c3ccccc32)c1. The molecule has 0 aliphatic heterocycles. The summed E-state index contributed by atoms with van der Waals surface area (Å²) in [4.78, 5) is 0. The highest BCUT2D eigenvalue weighted by Crippen LogP contribution is 2.42. The number of aromatic nitrogens is 2. The summed E-state index contributed by atoms with van der Waals surface area (Å²) >= 11 is 0. The van der Waals surface area contributed by atoms with E-state index in [1.165, 1.54) is 0 Å². The molecule has 7 aromatic carbocycles. The summed E-state index contributed by atoms with van der Waals surface area (Å²) in [6.45, 7) is 0. The lowest BCUT2D eigenvalue weighted by molar-refractivity contribution is 1.17. The third-order valence-electron chi connectivity index (χ3n) is 9.62. The normalized spacial score (nSPS) is 11.1. The quantitative estimate of drug-likeness (QED) is 0.193. The van der Waals surface area contributed by atoms with Crippen LogP contribution in [0.15, 0.2) is 152 Å². The average Bonchev–Trinajstić information content (AvgIpc) is 3.70. The van der Waals surface area contributed by atoms with Crippen LogP contribution in [0.5, 0.6) is 0 Å². The molecule has 230 valence electrons. The van der Waals surface area contributed by atoms with Gasteiger partial charge in [-0.1, -0.05) is 91.0 Å². The molecule has 2 heterocycles. The van der Waals surface area contributed by atoms with E-state index in [0.717, 1.165) is 77.2 Å². The molecule has 0 N–H and O–H groups in total. The van der Waals surface area contributed by atoms with Crippen molar-refractivity contribution in [3.05, 3.63) is 168 Å². The Morgan fingerprint density at radius 2 is 0.940 bits per heavy atom. The van der Waals surface area contributed by atoms with Crippen LogP contribution in [-0.4, -0.2) is 9.13 Å². The number of hydrogen-bond acceptors (Lipinski definition) is 3. The van der Waals surface area contributed by atoms with E-state index in [0.29, 0.717) is 16.7 Å². The van der Waals surface area contributed by atoms with Crippen LogP contribution >= 0.6 is 0 Å². The third-order valence-corrected chi connectivity index (χ3v) is 9.62. The molecule has 0 amide bonds. The van der Waals surface area contributed by atoms with Crippen LogP contribution in [0, 0.1) is 34.0 Å². The molecule has 2 aromatic heterocycles. The minimum absolute atomic E-state index is 0.428. The molecule has 0 aliphatic carbocycles. The second-order valence-corrected chi connectivity index (χ2v) is 12.3. The Morgan fingerprint density at radius 3 is 1.56 bits per heavy atom. The second kappa shape index (κ2) is 11.4. The third kappa shape index (κ3) is 4.31. The fourth-order valence-corrected chi connectivity index (χ4v) is 7.48. The van der Waals surface area contributed by atoms with Crippen molar-refractivity contribution in [2.75, 3.05) is 0 Å². The van der Waals surface area contributed by atoms with E-state index in [-0.39, 0.29) is 0 Å². The molecule has 9 aromatic rings. The molecule has 5 nitrogen and oxygen atoms in total. The van der Waals surface area contributed by atoms with E-state index in [1.807, 2.05) is 72.8 Å². The molecule has 0 aliphatic rings. The van der Waals surface area contributed by atoms with Gasteiger partial charge in [0.25, 0.3) is 0 Å². The van der Waals surface area contributed by atoms with E-state index in [9.17, 15) is 15.8 Å². The Balaban J connectivity index is 1.26. The van der Waals surface area contributed by atoms with E-state index < -0.39 is 0 Å². The summed E-state index contributed by atoms with van der Waals surface area (Å²) < 4.78 is 4.41. The minimum Gasteiger partial charge on any atom is -0.309 e. The number of para-hydroxylation sites is 3. The van der Waals surface area contributed by atoms with Crippen LogP contribution in [0.4, 0.5) is 0 Å². The van der Waals surface area contributed by atoms with Gasteiger partial charge in [-0.3, -0.25) is 0 Å². The van der Waals surface area contributed by atoms with Gasteiger partial charge < -0.3 is 9.13 Å². The molecule has 0 saturated heterocycles. The summed E-state index contributed by atoms with van der Waals surface area (Å²) in [5, 5.41) is 34.6. The van der Waals surface area contributed by atoms with Crippen molar-refractivity contribution >= 4 is 43.6 Å². The summed E-state index contributed by atoms with van der Waals surface area (Å²) in [5.41, 5.74) is 11.0. The lowest BCUT2D eigenvalue weighted by Gasteiger charge is -2.19. The van der Waals surface area contributed by atoms with Crippen molar-refractivity contribution in [1.82, 2.24) is 9.13 Å². The van der Waals surface area contributed by atoms with E-state index in [2.05, 4.69) is 100 Å². The van der Waals surface area contributed by atoms with Gasteiger partial charge in [-0.25, -0.2) is 0 Å². The molecule has 0 atom stereocenters. The number of hydrogen-bond donors (Lipinski definition) is 0. The fourth-order valence-electron chi connectivity index (χ4n) is 7.48. The highest BCUT2D eigenvalue weighted by atomic mass is 15.0. The van der Waals surface area contributed by atoms with E-state index >= 15 is 0 Å². The largest absolute Gasteiger partial charge is 0.309 e. The van der Waals surface area contributed by atoms with E-state index in [1.54, 1.807) is 6.07 Å². The zero-order valence-corrected chi connectivity index (χ0v) is 26.7. The topological polar surface area (TPSA) is 81.2 Å². The molecule has 0 radical (unpaired) electrons. The zero-order valence-electron chi connectivity index (χ0n) is 26.7. The summed E-state index contributed by atoms with van der Waals surface area (Å²) in [5.74, 6) is 0. The number of benzene rings is 7. The van der Waals surface area contributed by atoms with Crippen molar-refractivity contribution in [1.29, 1.82) is 15.8 Å². The molecule has 0 spiro atoms. The fraction of sp³-hybridized carbons (Fsp3) is 0. The zero-order chi connectivity index (χ0) is 33.8. The van der Waals surface area contributed by atoms with Gasteiger partial charge in [-0.05, 0) is 77.4 Å². The first-order valence-electron chi connectivity index (χ1n) is 16.3. The lowest BCUT2D eigenvalue weighted by atomic mass is 9.89. The first kappa shape index (κ1) is 28.8. The molecular weight excluding hydrogens is 611 g/mol. The molecular formula is C45H25N5. The van der Waals surface area contributed by atoms with Crippen LogP contribution < -0.4 is 0 Å². The Kier molecular flexibility index (Phi) is 6.56. The van der Waals surface area contributed by atoms with Crippen LogP contribution in [-0.2, 0) is 0 Å². The molecule has 0 unspecified atom stereocenters. The highest BCUT2D eigenvalue weighted by Gasteiger charge is 2.22. The monoisotopic (exact) mass is 635 g/mol. The highest BCUT2D eigenvalue weighted by molar-refractivity contribution is 6.11. The summed E-state index contributed by atoms with van der Waals surface area (Å²) in [6.07, 6.45) is 0. The summed E-state index contributed by atoms with van der Waals surface area (Å²) in [7, 11) is 0. The maximum atomic E-state index is 10.6. The molecule has 0 fully saturated rings. The maximum absolute atomic E-state index is 10.6. The Hall–Kier alpha value is -7.39. The molecule has 50 heavy (non-hydrogen) atoms. The number of rotatable bonds is 4. The Bertz CT molecular complexity index is 2900. The van der Waals surface area contributed by atoms with Crippen molar-refractivity contribution in [3.63, 3.8) is 0 Å². The average molecular weight is 636 g/mol. The van der Waals surface area contributed by atoms with Crippen molar-refractivity contribution in [3.8, 4) is 51.8 Å². The first-order chi connectivity index (χ1) is 24.7. The van der Waals surface area contributed by atoms with Gasteiger partial charge in [-0.15, -0.1) is 0 Å². The molecule has 0 saturated carbocycles. The smallest absolute Gasteiger partial charge is 0.0999 e. The van der Waals surface area contributed by atoms with Gasteiger partial charge in [0.1, 0.15) is 0 Å². The van der Waals surface area contributed by atoms with Crippen LogP contribution in [0.1, 0.15) is 16.7 Å². The van der Waals surface area contributed by atoms with Crippen molar-refractivity contribution < 1.29 is 0 Å². The molecule has 5 heteroatoms. The molecule has 0 bridgehead atoms. The number of fused-ring (bicyclic) bond motifs is 6. The van der Waals surface area contributed by atoms with Gasteiger partial charge in [0.15, 0.2) is 0 Å². The second-order valence-electron chi connectivity index (χ2n) is 12.3. The summed E-state index contributed by atoms with van der Waals surface area (Å²) in [6, 6.07) is 57.8. The maximum Gasteiger partial charge on any atom is 0.0999 e. The lowest BCUT2D eigenvalue weighted by Crippen LogP contribution is -2.02. The van der Waals surface area contributed by atoms with Gasteiger partial charge in [0.05, 0.1) is 62.7 Å². The Morgan fingerprint density at radius 1 is 0.400 bits per heavy atom. The number of nitrogens with zero attached hydrogens (tertiary/aromatic N) is 5. The Labute approximate surface area is 287 Å². The number of nitriles is 3. The minimum atomic E-state index is 0.428. The van der Waals surface area contributed by atoms with Gasteiger partial charge in [0, 0.05) is 32.8 Å². The van der Waals surface area contributed by atoms with E-state index in [4.69, 9.17) is 0 Å². The van der Waals surface area contributed by atoms with Crippen LogP contribution in [0.25, 0.3) is 77.2 Å². The van der Waals surface area contributed by atoms with Gasteiger partial charge >= 0.3 is 0 Å².